The lowest BCUT2D eigenvalue weighted by Crippen LogP contribution is -2.31. The molecule has 194 valence electrons. The number of halogens is 3. The molecule has 0 atom stereocenters. The Balaban J connectivity index is 1.56. The highest BCUT2D eigenvalue weighted by Gasteiger charge is 2.36. The van der Waals surface area contributed by atoms with Crippen LogP contribution < -0.4 is 4.90 Å². The molecule has 11 heteroatoms. The molecule has 1 N–H and O–H groups in total. The van der Waals surface area contributed by atoms with Crippen LogP contribution in [-0.2, 0) is 6.18 Å². The molecule has 1 aliphatic rings. The number of carboxylic acids is 1. The second-order valence-corrected chi connectivity index (χ2v) is 9.09. The van der Waals surface area contributed by atoms with Gasteiger partial charge in [0.2, 0.25) is 5.95 Å². The highest BCUT2D eigenvalue weighted by Crippen LogP contribution is 2.36. The number of pyridine rings is 3. The number of aryl methyl sites for hydroxylation is 1. The van der Waals surface area contributed by atoms with Crippen LogP contribution in [0.15, 0.2) is 55.1 Å². The number of alkyl halides is 3. The van der Waals surface area contributed by atoms with E-state index >= 15 is 0 Å². The second-order valence-electron chi connectivity index (χ2n) is 9.09. The summed E-state index contributed by atoms with van der Waals surface area (Å²) in [5.41, 5.74) is 1.45. The van der Waals surface area contributed by atoms with Crippen LogP contribution in [0.5, 0.6) is 0 Å². The van der Waals surface area contributed by atoms with Crippen LogP contribution in [0, 0.1) is 6.92 Å². The zero-order valence-corrected chi connectivity index (χ0v) is 20.4. The van der Waals surface area contributed by atoms with Crippen molar-refractivity contribution < 1.29 is 23.1 Å². The molecule has 0 spiro atoms. The number of piperidine rings is 1. The monoisotopic (exact) mass is 520 g/mol. The Morgan fingerprint density at radius 3 is 2.24 bits per heavy atom. The van der Waals surface area contributed by atoms with Gasteiger partial charge in [0.15, 0.2) is 0 Å². The molecule has 0 radical (unpaired) electrons. The molecule has 1 saturated heterocycles. The normalized spacial score (nSPS) is 13.9. The van der Waals surface area contributed by atoms with Crippen molar-refractivity contribution in [3.8, 4) is 33.9 Å². The van der Waals surface area contributed by atoms with Crippen LogP contribution in [0.4, 0.5) is 19.1 Å². The number of nitrogens with zero attached hydrogens (tertiary/aromatic N) is 6. The molecule has 0 amide bonds. The first-order chi connectivity index (χ1) is 18.2. The van der Waals surface area contributed by atoms with Gasteiger partial charge in [0, 0.05) is 49.0 Å². The first-order valence-corrected chi connectivity index (χ1v) is 12.0. The van der Waals surface area contributed by atoms with Crippen molar-refractivity contribution in [2.45, 2.75) is 32.4 Å². The first kappa shape index (κ1) is 25.2. The lowest BCUT2D eigenvalue weighted by Gasteiger charge is -2.27. The number of aromatic nitrogens is 5. The van der Waals surface area contributed by atoms with E-state index in [0.717, 1.165) is 49.7 Å². The minimum absolute atomic E-state index is 0.0357. The summed E-state index contributed by atoms with van der Waals surface area (Å²) in [5.74, 6) is -0.918. The maximum atomic E-state index is 13.7. The van der Waals surface area contributed by atoms with Crippen LogP contribution in [0.25, 0.3) is 33.9 Å². The molecule has 0 unspecified atom stereocenters. The number of carboxylic acid groups (broad SMARTS) is 1. The highest BCUT2D eigenvalue weighted by atomic mass is 19.4. The van der Waals surface area contributed by atoms with Crippen molar-refractivity contribution in [3.63, 3.8) is 0 Å². The number of aromatic carboxylic acids is 1. The number of anilines is 1. The van der Waals surface area contributed by atoms with Crippen molar-refractivity contribution in [1.29, 1.82) is 0 Å². The van der Waals surface area contributed by atoms with E-state index in [1.165, 1.54) is 12.3 Å². The van der Waals surface area contributed by atoms with E-state index in [9.17, 15) is 18.0 Å². The molecule has 4 aromatic rings. The minimum atomic E-state index is -4.80. The summed E-state index contributed by atoms with van der Waals surface area (Å²) in [6.07, 6.45) is 4.24. The summed E-state index contributed by atoms with van der Waals surface area (Å²) in [5, 5.41) is 9.09. The fourth-order valence-corrected chi connectivity index (χ4v) is 4.35. The van der Waals surface area contributed by atoms with Gasteiger partial charge in [-0.3, -0.25) is 15.0 Å². The van der Waals surface area contributed by atoms with Crippen molar-refractivity contribution in [3.05, 3.63) is 71.8 Å². The van der Waals surface area contributed by atoms with Crippen LogP contribution in [-0.4, -0.2) is 49.1 Å². The lowest BCUT2D eigenvalue weighted by molar-refractivity contribution is -0.137. The number of carbonyl (C=O) groups is 1. The Labute approximate surface area is 216 Å². The maximum absolute atomic E-state index is 13.7. The lowest BCUT2D eigenvalue weighted by atomic mass is 10.1. The molecule has 5 heterocycles. The molecule has 0 aliphatic carbocycles. The van der Waals surface area contributed by atoms with E-state index < -0.39 is 29.0 Å². The molecular formula is C27H23F3N6O2. The Morgan fingerprint density at radius 2 is 1.61 bits per heavy atom. The van der Waals surface area contributed by atoms with Gasteiger partial charge >= 0.3 is 12.1 Å². The summed E-state index contributed by atoms with van der Waals surface area (Å²) >= 11 is 0. The van der Waals surface area contributed by atoms with Crippen LogP contribution in [0.2, 0.25) is 0 Å². The average Bonchev–Trinajstić information content (AvgIpc) is 2.92. The van der Waals surface area contributed by atoms with Gasteiger partial charge in [-0.2, -0.15) is 13.2 Å². The Bertz CT molecular complexity index is 1490. The van der Waals surface area contributed by atoms with Gasteiger partial charge in [-0.1, -0.05) is 0 Å². The smallest absolute Gasteiger partial charge is 0.418 e. The predicted molar refractivity (Wildman–Crippen MR) is 134 cm³/mol. The summed E-state index contributed by atoms with van der Waals surface area (Å²) in [6.45, 7) is 3.62. The molecule has 1 aliphatic heterocycles. The van der Waals surface area contributed by atoms with Crippen LogP contribution in [0.3, 0.4) is 0 Å². The Morgan fingerprint density at radius 1 is 0.868 bits per heavy atom. The SMILES string of the molecule is Cc1cncc(-c2cc(-c3ccc(-c4ncc(C(=O)O)cc4C(F)(F)F)nc3)nc(N3CCCCC3)n2)c1. The average molecular weight is 521 g/mol. The minimum Gasteiger partial charge on any atom is -0.478 e. The zero-order chi connectivity index (χ0) is 26.9. The van der Waals surface area contributed by atoms with Crippen molar-refractivity contribution in [2.75, 3.05) is 18.0 Å². The number of rotatable bonds is 5. The van der Waals surface area contributed by atoms with E-state index in [1.54, 1.807) is 18.5 Å². The third-order valence-electron chi connectivity index (χ3n) is 6.27. The van der Waals surface area contributed by atoms with E-state index in [1.807, 2.05) is 19.1 Å². The van der Waals surface area contributed by atoms with Gasteiger partial charge in [-0.05, 0) is 62.1 Å². The molecule has 0 saturated carbocycles. The van der Waals surface area contributed by atoms with E-state index in [2.05, 4.69) is 19.9 Å². The summed E-state index contributed by atoms with van der Waals surface area (Å²) < 4.78 is 41.1. The molecular weight excluding hydrogens is 497 g/mol. The molecule has 38 heavy (non-hydrogen) atoms. The number of hydrogen-bond acceptors (Lipinski definition) is 7. The van der Waals surface area contributed by atoms with Gasteiger partial charge in [-0.25, -0.2) is 14.8 Å². The summed E-state index contributed by atoms with van der Waals surface area (Å²) in [7, 11) is 0. The standard InChI is InChI=1S/C27H23F3N6O2/c1-16-9-18(13-31-12-16)23-11-22(34-26(35-23)36-7-3-2-4-8-36)17-5-6-21(32-14-17)24-20(27(28,29)30)10-19(15-33-24)25(37)38/h5-6,9-15H,2-4,7-8H2,1H3,(H,37,38). The van der Waals surface area contributed by atoms with Gasteiger partial charge in [0.25, 0.3) is 0 Å². The summed E-state index contributed by atoms with van der Waals surface area (Å²) in [4.78, 5) is 35.1. The maximum Gasteiger partial charge on any atom is 0.418 e. The van der Waals surface area contributed by atoms with Gasteiger partial charge in [0.1, 0.15) is 5.69 Å². The van der Waals surface area contributed by atoms with Crippen LogP contribution in [0.1, 0.15) is 40.7 Å². The molecule has 5 rings (SSSR count). The van der Waals surface area contributed by atoms with E-state index in [0.29, 0.717) is 29.0 Å². The highest BCUT2D eigenvalue weighted by molar-refractivity contribution is 5.88. The predicted octanol–water partition coefficient (Wildman–Crippen LogP) is 5.68. The third kappa shape index (κ3) is 5.31. The fourth-order valence-electron chi connectivity index (χ4n) is 4.35. The molecule has 8 nitrogen and oxygen atoms in total. The quantitative estimate of drug-likeness (QED) is 0.359. The van der Waals surface area contributed by atoms with Gasteiger partial charge in [-0.15, -0.1) is 0 Å². The Hall–Kier alpha value is -4.41. The van der Waals surface area contributed by atoms with E-state index in [4.69, 9.17) is 15.1 Å². The van der Waals surface area contributed by atoms with E-state index in [-0.39, 0.29) is 5.69 Å². The fraction of sp³-hybridized carbons (Fsp3) is 0.259. The molecule has 0 aromatic carbocycles. The second kappa shape index (κ2) is 10.2. The first-order valence-electron chi connectivity index (χ1n) is 12.0. The third-order valence-corrected chi connectivity index (χ3v) is 6.27. The van der Waals surface area contributed by atoms with Crippen molar-refractivity contribution in [2.24, 2.45) is 0 Å². The van der Waals surface area contributed by atoms with Gasteiger partial charge < -0.3 is 10.0 Å². The van der Waals surface area contributed by atoms with Crippen molar-refractivity contribution >= 4 is 11.9 Å². The Kier molecular flexibility index (Phi) is 6.75. The van der Waals surface area contributed by atoms with Crippen molar-refractivity contribution in [1.82, 2.24) is 24.9 Å². The van der Waals surface area contributed by atoms with Crippen LogP contribution >= 0.6 is 0 Å². The summed E-state index contributed by atoms with van der Waals surface area (Å²) in [6, 6.07) is 7.39. The molecule has 1 fully saturated rings. The largest absolute Gasteiger partial charge is 0.478 e. The van der Waals surface area contributed by atoms with Gasteiger partial charge in [0.05, 0.1) is 28.2 Å². The zero-order valence-electron chi connectivity index (χ0n) is 20.4. The molecule has 4 aromatic heterocycles. The topological polar surface area (TPSA) is 105 Å². The number of hydrogen-bond donors (Lipinski definition) is 1. The molecule has 0 bridgehead atoms.